The number of aryl methyl sites for hydroxylation is 1. The Hall–Kier alpha value is -2.70. The molecule has 3 rings (SSSR count). The lowest BCUT2D eigenvalue weighted by Gasteiger charge is -2.20. The molecule has 0 aliphatic carbocycles. The zero-order valence-corrected chi connectivity index (χ0v) is 17.7. The molecular weight excluding hydrogens is 412 g/mol. The fourth-order valence-corrected chi connectivity index (χ4v) is 3.60. The van der Waals surface area contributed by atoms with E-state index in [4.69, 9.17) is 21.1 Å². The summed E-state index contributed by atoms with van der Waals surface area (Å²) in [4.78, 5) is 12.8. The number of benzene rings is 2. The molecule has 0 saturated heterocycles. The fourth-order valence-electron chi connectivity index (χ4n) is 3.37. The number of pyridine rings is 1. The number of hydrogen-bond donors (Lipinski definition) is 0. The van der Waals surface area contributed by atoms with Gasteiger partial charge in [0.25, 0.3) is 5.56 Å². The maximum absolute atomic E-state index is 15.2. The molecule has 0 N–H and O–H groups in total. The minimum Gasteiger partial charge on any atom is -0.491 e. The van der Waals surface area contributed by atoms with Gasteiger partial charge < -0.3 is 14.0 Å². The molecule has 0 radical (unpaired) electrons. The molecule has 4 nitrogen and oxygen atoms in total. The molecule has 2 aromatic carbocycles. The van der Waals surface area contributed by atoms with Gasteiger partial charge in [-0.2, -0.15) is 0 Å². The van der Waals surface area contributed by atoms with E-state index in [1.54, 1.807) is 44.2 Å². The SMILES string of the molecule is CCn1c(-c2c(F)cc(OCCOC)cc2F)c(-c2ccccc2Cl)cc(C)c1=O. The molecule has 30 heavy (non-hydrogen) atoms. The van der Waals surface area contributed by atoms with E-state index in [0.717, 1.165) is 12.1 Å². The highest BCUT2D eigenvalue weighted by Gasteiger charge is 2.23. The van der Waals surface area contributed by atoms with Crippen LogP contribution in [0.15, 0.2) is 47.3 Å². The van der Waals surface area contributed by atoms with Crippen molar-refractivity contribution in [2.45, 2.75) is 20.4 Å². The summed E-state index contributed by atoms with van der Waals surface area (Å²) in [5.74, 6) is -1.62. The van der Waals surface area contributed by atoms with Crippen LogP contribution < -0.4 is 10.3 Å². The first-order valence-corrected chi connectivity index (χ1v) is 9.87. The predicted octanol–water partition coefficient (Wildman–Crippen LogP) is 5.47. The lowest BCUT2D eigenvalue weighted by molar-refractivity contribution is 0.146. The van der Waals surface area contributed by atoms with E-state index in [1.165, 1.54) is 11.7 Å². The van der Waals surface area contributed by atoms with Gasteiger partial charge in [-0.05, 0) is 26.0 Å². The summed E-state index contributed by atoms with van der Waals surface area (Å²) in [5.41, 5.74) is 1.03. The molecule has 0 spiro atoms. The zero-order valence-electron chi connectivity index (χ0n) is 17.0. The van der Waals surface area contributed by atoms with Crippen LogP contribution in [0.4, 0.5) is 8.78 Å². The minimum absolute atomic E-state index is 0.0441. The minimum atomic E-state index is -0.832. The lowest BCUT2D eigenvalue weighted by atomic mass is 9.96. The van der Waals surface area contributed by atoms with Crippen molar-refractivity contribution in [1.29, 1.82) is 0 Å². The fraction of sp³-hybridized carbons (Fsp3) is 0.261. The standard InChI is InChI=1S/C23H22ClF2NO3/c1-4-27-22(21-19(25)12-15(13-20(21)26)30-10-9-29-3)17(11-14(2)23(27)28)16-7-5-6-8-18(16)24/h5-8,11-13H,4,9-10H2,1-3H3. The van der Waals surface area contributed by atoms with E-state index in [1.807, 2.05) is 0 Å². The maximum Gasteiger partial charge on any atom is 0.253 e. The van der Waals surface area contributed by atoms with Gasteiger partial charge in [-0.1, -0.05) is 29.8 Å². The topological polar surface area (TPSA) is 40.5 Å². The van der Waals surface area contributed by atoms with Gasteiger partial charge in [0, 0.05) is 47.5 Å². The molecule has 3 aromatic rings. The number of methoxy groups -OCH3 is 1. The molecule has 0 bridgehead atoms. The van der Waals surface area contributed by atoms with E-state index >= 15 is 8.78 Å². The van der Waals surface area contributed by atoms with Crippen molar-refractivity contribution in [1.82, 2.24) is 4.57 Å². The van der Waals surface area contributed by atoms with Crippen molar-refractivity contribution >= 4 is 11.6 Å². The third-order valence-corrected chi connectivity index (χ3v) is 5.09. The highest BCUT2D eigenvalue weighted by Crippen LogP contribution is 2.39. The second-order valence-electron chi connectivity index (χ2n) is 6.72. The first-order valence-electron chi connectivity index (χ1n) is 9.49. The van der Waals surface area contributed by atoms with Crippen LogP contribution in [0, 0.1) is 18.6 Å². The van der Waals surface area contributed by atoms with Gasteiger partial charge in [0.1, 0.15) is 24.0 Å². The second-order valence-corrected chi connectivity index (χ2v) is 7.13. The number of ether oxygens (including phenoxy) is 2. The average Bonchev–Trinajstić information content (AvgIpc) is 2.71. The van der Waals surface area contributed by atoms with Gasteiger partial charge in [-0.15, -0.1) is 0 Å². The Kier molecular flexibility index (Phi) is 6.90. The maximum atomic E-state index is 15.2. The van der Waals surface area contributed by atoms with Crippen molar-refractivity contribution in [2.75, 3.05) is 20.3 Å². The summed E-state index contributed by atoms with van der Waals surface area (Å²) >= 11 is 6.37. The van der Waals surface area contributed by atoms with Crippen molar-refractivity contribution < 1.29 is 18.3 Å². The molecule has 7 heteroatoms. The number of aromatic nitrogens is 1. The Balaban J connectivity index is 2.29. The average molecular weight is 434 g/mol. The second kappa shape index (κ2) is 9.41. The summed E-state index contributed by atoms with van der Waals surface area (Å²) < 4.78 is 41.9. The third-order valence-electron chi connectivity index (χ3n) is 4.76. The summed E-state index contributed by atoms with van der Waals surface area (Å²) in [5, 5.41) is 0.416. The number of hydrogen-bond acceptors (Lipinski definition) is 3. The van der Waals surface area contributed by atoms with Gasteiger partial charge >= 0.3 is 0 Å². The van der Waals surface area contributed by atoms with Crippen LogP contribution in [0.1, 0.15) is 12.5 Å². The van der Waals surface area contributed by atoms with E-state index in [-0.39, 0.29) is 42.3 Å². The molecule has 1 aromatic heterocycles. The quantitative estimate of drug-likeness (QED) is 0.464. The van der Waals surface area contributed by atoms with Crippen LogP contribution in [0.2, 0.25) is 5.02 Å². The Morgan fingerprint density at radius 3 is 2.30 bits per heavy atom. The summed E-state index contributed by atoms with van der Waals surface area (Å²) in [7, 11) is 1.51. The summed E-state index contributed by atoms with van der Waals surface area (Å²) in [6.45, 7) is 4.09. The highest BCUT2D eigenvalue weighted by molar-refractivity contribution is 6.33. The summed E-state index contributed by atoms with van der Waals surface area (Å²) in [6, 6.07) is 10.8. The monoisotopic (exact) mass is 433 g/mol. The van der Waals surface area contributed by atoms with E-state index in [0.29, 0.717) is 21.7 Å². The first-order chi connectivity index (χ1) is 14.4. The van der Waals surface area contributed by atoms with Crippen molar-refractivity contribution in [2.24, 2.45) is 0 Å². The molecule has 158 valence electrons. The van der Waals surface area contributed by atoms with E-state index < -0.39 is 11.6 Å². The smallest absolute Gasteiger partial charge is 0.253 e. The van der Waals surface area contributed by atoms with Crippen molar-refractivity contribution in [3.8, 4) is 28.1 Å². The number of halogens is 3. The largest absolute Gasteiger partial charge is 0.491 e. The van der Waals surface area contributed by atoms with E-state index in [9.17, 15) is 4.79 Å². The lowest BCUT2D eigenvalue weighted by Crippen LogP contribution is -2.24. The molecule has 0 aliphatic rings. The van der Waals surface area contributed by atoms with Crippen LogP contribution in [0.5, 0.6) is 5.75 Å². The van der Waals surface area contributed by atoms with Crippen LogP contribution in [-0.4, -0.2) is 24.9 Å². The number of rotatable bonds is 7. The van der Waals surface area contributed by atoms with Crippen molar-refractivity contribution in [3.05, 3.63) is 75.0 Å². The van der Waals surface area contributed by atoms with Crippen LogP contribution in [-0.2, 0) is 11.3 Å². The van der Waals surface area contributed by atoms with Gasteiger partial charge in [-0.3, -0.25) is 4.79 Å². The molecule has 0 unspecified atom stereocenters. The van der Waals surface area contributed by atoms with Crippen LogP contribution >= 0.6 is 11.6 Å². The van der Waals surface area contributed by atoms with Crippen LogP contribution in [0.3, 0.4) is 0 Å². The molecular formula is C23H22ClF2NO3. The van der Waals surface area contributed by atoms with Gasteiger partial charge in [0.15, 0.2) is 0 Å². The Bertz CT molecular complexity index is 1100. The molecule has 0 aliphatic heterocycles. The van der Waals surface area contributed by atoms with Gasteiger partial charge in [0.2, 0.25) is 0 Å². The third kappa shape index (κ3) is 4.25. The molecule has 1 heterocycles. The van der Waals surface area contributed by atoms with E-state index in [2.05, 4.69) is 0 Å². The molecule has 0 atom stereocenters. The highest BCUT2D eigenvalue weighted by atomic mass is 35.5. The molecule has 0 saturated carbocycles. The normalized spacial score (nSPS) is 11.0. The van der Waals surface area contributed by atoms with Crippen molar-refractivity contribution in [3.63, 3.8) is 0 Å². The van der Waals surface area contributed by atoms with Gasteiger partial charge in [-0.25, -0.2) is 8.78 Å². The first kappa shape index (κ1) is 22.0. The Labute approximate surface area is 178 Å². The Morgan fingerprint density at radius 1 is 1.03 bits per heavy atom. The number of nitrogens with zero attached hydrogens (tertiary/aromatic N) is 1. The molecule has 0 amide bonds. The Morgan fingerprint density at radius 2 is 1.70 bits per heavy atom. The van der Waals surface area contributed by atoms with Crippen LogP contribution in [0.25, 0.3) is 22.4 Å². The molecule has 0 fully saturated rings. The predicted molar refractivity (Wildman–Crippen MR) is 114 cm³/mol. The summed E-state index contributed by atoms with van der Waals surface area (Å²) in [6.07, 6.45) is 0. The zero-order chi connectivity index (χ0) is 21.8. The van der Waals surface area contributed by atoms with Gasteiger partial charge in [0.05, 0.1) is 17.9 Å².